The minimum Gasteiger partial charge on any atom is -0.461 e. The molecule has 0 saturated carbocycles. The van der Waals surface area contributed by atoms with E-state index in [1.807, 2.05) is 0 Å². The molecule has 0 atom stereocenters. The molecule has 9 heteroatoms. The number of esters is 1. The lowest BCUT2D eigenvalue weighted by Gasteiger charge is -2.10. The first-order valence-electron chi connectivity index (χ1n) is 6.25. The van der Waals surface area contributed by atoms with Crippen molar-refractivity contribution in [1.82, 2.24) is 15.0 Å². The maximum absolute atomic E-state index is 13.1. The van der Waals surface area contributed by atoms with Gasteiger partial charge in [0, 0.05) is 0 Å². The van der Waals surface area contributed by atoms with Gasteiger partial charge in [-0.25, -0.2) is 13.9 Å². The number of rotatable bonds is 4. The highest BCUT2D eigenvalue weighted by atomic mass is 19.4. The topological polar surface area (TPSA) is 57.0 Å². The van der Waals surface area contributed by atoms with Crippen LogP contribution >= 0.6 is 0 Å². The van der Waals surface area contributed by atoms with E-state index in [9.17, 15) is 22.4 Å². The molecule has 0 unspecified atom stereocenters. The Labute approximate surface area is 122 Å². The summed E-state index contributed by atoms with van der Waals surface area (Å²) >= 11 is 0. The molecule has 0 spiro atoms. The standard InChI is InChI=1S/C13H11F4N3O2/c1-2-22-12(21)10-11(13(15,16)17)20(19-18-10)7-8-3-5-9(14)6-4-8/h3-6H,2,7H2,1H3. The number of carbonyl (C=O) groups excluding carboxylic acids is 1. The van der Waals surface area contributed by atoms with Crippen LogP contribution in [0.25, 0.3) is 0 Å². The molecule has 2 rings (SSSR count). The van der Waals surface area contributed by atoms with Crippen molar-refractivity contribution in [1.29, 1.82) is 0 Å². The first kappa shape index (κ1) is 15.9. The van der Waals surface area contributed by atoms with E-state index in [1.54, 1.807) is 0 Å². The van der Waals surface area contributed by atoms with Crippen LogP contribution in [0.2, 0.25) is 0 Å². The lowest BCUT2D eigenvalue weighted by Crippen LogP contribution is -2.20. The van der Waals surface area contributed by atoms with E-state index in [-0.39, 0.29) is 13.2 Å². The van der Waals surface area contributed by atoms with Crippen molar-refractivity contribution in [3.8, 4) is 0 Å². The van der Waals surface area contributed by atoms with E-state index in [2.05, 4.69) is 15.0 Å². The van der Waals surface area contributed by atoms with Crippen LogP contribution in [-0.4, -0.2) is 27.6 Å². The Kier molecular flexibility index (Phi) is 4.43. The monoisotopic (exact) mass is 317 g/mol. The van der Waals surface area contributed by atoms with Crippen LogP contribution in [0.3, 0.4) is 0 Å². The van der Waals surface area contributed by atoms with E-state index < -0.39 is 29.4 Å². The average molecular weight is 317 g/mol. The lowest BCUT2D eigenvalue weighted by molar-refractivity contribution is -0.144. The fourth-order valence-corrected chi connectivity index (χ4v) is 1.80. The molecular weight excluding hydrogens is 306 g/mol. The molecule has 1 heterocycles. The van der Waals surface area contributed by atoms with Crippen LogP contribution in [0.1, 0.15) is 28.7 Å². The summed E-state index contributed by atoms with van der Waals surface area (Å²) in [5.41, 5.74) is -1.81. The maximum atomic E-state index is 13.1. The van der Waals surface area contributed by atoms with Gasteiger partial charge in [0.05, 0.1) is 13.2 Å². The van der Waals surface area contributed by atoms with Gasteiger partial charge in [-0.2, -0.15) is 13.2 Å². The van der Waals surface area contributed by atoms with E-state index >= 15 is 0 Å². The van der Waals surface area contributed by atoms with E-state index in [4.69, 9.17) is 0 Å². The zero-order valence-corrected chi connectivity index (χ0v) is 11.4. The molecule has 118 valence electrons. The Morgan fingerprint density at radius 1 is 1.27 bits per heavy atom. The Morgan fingerprint density at radius 3 is 2.45 bits per heavy atom. The summed E-state index contributed by atoms with van der Waals surface area (Å²) in [7, 11) is 0. The van der Waals surface area contributed by atoms with Crippen molar-refractivity contribution in [2.45, 2.75) is 19.6 Å². The second-order valence-electron chi connectivity index (χ2n) is 4.29. The van der Waals surface area contributed by atoms with Crippen LogP contribution < -0.4 is 0 Å². The van der Waals surface area contributed by atoms with Gasteiger partial charge in [0.2, 0.25) is 5.69 Å². The molecule has 2 aromatic rings. The SMILES string of the molecule is CCOC(=O)c1nnn(Cc2ccc(F)cc2)c1C(F)(F)F. The van der Waals surface area contributed by atoms with E-state index in [1.165, 1.54) is 19.1 Å². The predicted octanol–water partition coefficient (Wildman–Crippen LogP) is 2.66. The molecule has 0 fully saturated rings. The normalized spacial score (nSPS) is 11.5. The third-order valence-electron chi connectivity index (χ3n) is 2.72. The molecular formula is C13H11F4N3O2. The van der Waals surface area contributed by atoms with Gasteiger partial charge >= 0.3 is 12.1 Å². The number of benzene rings is 1. The van der Waals surface area contributed by atoms with Gasteiger partial charge < -0.3 is 4.74 Å². The first-order chi connectivity index (χ1) is 10.3. The van der Waals surface area contributed by atoms with Crippen molar-refractivity contribution in [2.75, 3.05) is 6.61 Å². The molecule has 0 bridgehead atoms. The maximum Gasteiger partial charge on any atom is 0.435 e. The number of hydrogen-bond donors (Lipinski definition) is 0. The van der Waals surface area contributed by atoms with Gasteiger partial charge in [0.15, 0.2) is 5.69 Å². The third kappa shape index (κ3) is 3.41. The van der Waals surface area contributed by atoms with Gasteiger partial charge in [0.25, 0.3) is 0 Å². The molecule has 0 saturated heterocycles. The molecule has 0 aliphatic carbocycles. The van der Waals surface area contributed by atoms with Crippen molar-refractivity contribution < 1.29 is 27.1 Å². The summed E-state index contributed by atoms with van der Waals surface area (Å²) in [5, 5.41) is 6.61. The molecule has 0 amide bonds. The summed E-state index contributed by atoms with van der Waals surface area (Å²) in [5.74, 6) is -1.70. The van der Waals surface area contributed by atoms with Gasteiger partial charge in [-0.1, -0.05) is 17.3 Å². The van der Waals surface area contributed by atoms with Gasteiger partial charge in [-0.3, -0.25) is 0 Å². The summed E-state index contributed by atoms with van der Waals surface area (Å²) in [6.45, 7) is 1.08. The summed E-state index contributed by atoms with van der Waals surface area (Å²) in [6.07, 6.45) is -4.83. The number of halogens is 4. The molecule has 1 aromatic carbocycles. The third-order valence-corrected chi connectivity index (χ3v) is 2.72. The highest BCUT2D eigenvalue weighted by Gasteiger charge is 2.42. The smallest absolute Gasteiger partial charge is 0.435 e. The molecule has 0 aliphatic heterocycles. The second kappa shape index (κ2) is 6.12. The van der Waals surface area contributed by atoms with Gasteiger partial charge in [0.1, 0.15) is 5.82 Å². The Morgan fingerprint density at radius 2 is 1.91 bits per heavy atom. The van der Waals surface area contributed by atoms with Crippen LogP contribution in [0, 0.1) is 5.82 Å². The van der Waals surface area contributed by atoms with Crippen molar-refractivity contribution in [3.63, 3.8) is 0 Å². The summed E-state index contributed by atoms with van der Waals surface area (Å²) < 4.78 is 57.3. The molecule has 22 heavy (non-hydrogen) atoms. The van der Waals surface area contributed by atoms with Crippen LogP contribution in [0.15, 0.2) is 24.3 Å². The molecule has 0 radical (unpaired) electrons. The number of carbonyl (C=O) groups is 1. The number of hydrogen-bond acceptors (Lipinski definition) is 4. The Bertz CT molecular complexity index is 665. The molecule has 5 nitrogen and oxygen atoms in total. The fraction of sp³-hybridized carbons (Fsp3) is 0.308. The second-order valence-corrected chi connectivity index (χ2v) is 4.29. The first-order valence-corrected chi connectivity index (χ1v) is 6.25. The largest absolute Gasteiger partial charge is 0.461 e. The number of alkyl halides is 3. The quantitative estimate of drug-likeness (QED) is 0.642. The van der Waals surface area contributed by atoms with Gasteiger partial charge in [-0.05, 0) is 24.6 Å². The van der Waals surface area contributed by atoms with Crippen molar-refractivity contribution in [2.24, 2.45) is 0 Å². The van der Waals surface area contributed by atoms with Crippen molar-refractivity contribution in [3.05, 3.63) is 47.0 Å². The average Bonchev–Trinajstić information content (AvgIpc) is 2.85. The molecule has 0 N–H and O–H groups in total. The Hall–Kier alpha value is -2.45. The zero-order chi connectivity index (χ0) is 16.3. The summed E-state index contributed by atoms with van der Waals surface area (Å²) in [6, 6.07) is 4.87. The number of nitrogens with zero attached hydrogens (tertiary/aromatic N) is 3. The van der Waals surface area contributed by atoms with E-state index in [0.29, 0.717) is 10.2 Å². The minimum absolute atomic E-state index is 0.0824. The fourth-order valence-electron chi connectivity index (χ4n) is 1.80. The highest BCUT2D eigenvalue weighted by molar-refractivity contribution is 5.88. The lowest BCUT2D eigenvalue weighted by atomic mass is 10.2. The predicted molar refractivity (Wildman–Crippen MR) is 66.5 cm³/mol. The van der Waals surface area contributed by atoms with E-state index in [0.717, 1.165) is 12.1 Å². The number of aromatic nitrogens is 3. The van der Waals surface area contributed by atoms with Gasteiger partial charge in [-0.15, -0.1) is 5.10 Å². The van der Waals surface area contributed by atoms with Crippen molar-refractivity contribution >= 4 is 5.97 Å². The molecule has 0 aliphatic rings. The zero-order valence-electron chi connectivity index (χ0n) is 11.4. The minimum atomic E-state index is -4.83. The summed E-state index contributed by atoms with van der Waals surface area (Å²) in [4.78, 5) is 11.5. The van der Waals surface area contributed by atoms with Crippen LogP contribution in [0.5, 0.6) is 0 Å². The van der Waals surface area contributed by atoms with Crippen LogP contribution in [-0.2, 0) is 17.5 Å². The highest BCUT2D eigenvalue weighted by Crippen LogP contribution is 2.31. The Balaban J connectivity index is 2.39. The number of ether oxygens (including phenoxy) is 1. The van der Waals surface area contributed by atoms with Crippen LogP contribution in [0.4, 0.5) is 17.6 Å². The molecule has 1 aromatic heterocycles.